The Labute approximate surface area is 119 Å². The minimum Gasteiger partial charge on any atom is -0.482 e. The summed E-state index contributed by atoms with van der Waals surface area (Å²) in [7, 11) is 0. The number of nitrogen functional groups attached to an aromatic ring is 1. The molecule has 0 unspecified atom stereocenters. The first kappa shape index (κ1) is 15.4. The van der Waals surface area contributed by atoms with Gasteiger partial charge in [0.2, 0.25) is 0 Å². The fourth-order valence-corrected chi connectivity index (χ4v) is 1.98. The summed E-state index contributed by atoms with van der Waals surface area (Å²) < 4.78 is 45.5. The molecule has 5 nitrogen and oxygen atoms in total. The van der Waals surface area contributed by atoms with E-state index in [1.807, 2.05) is 0 Å². The zero-order valence-corrected chi connectivity index (χ0v) is 11.2. The van der Waals surface area contributed by atoms with Crippen molar-refractivity contribution < 1.29 is 27.4 Å². The Hall–Kier alpha value is -1.96. The summed E-state index contributed by atoms with van der Waals surface area (Å²) in [6.07, 6.45) is -4.05. The van der Waals surface area contributed by atoms with Gasteiger partial charge in [-0.1, -0.05) is 0 Å². The first-order valence-electron chi connectivity index (χ1n) is 6.34. The van der Waals surface area contributed by atoms with Gasteiger partial charge in [0.1, 0.15) is 12.4 Å². The van der Waals surface area contributed by atoms with Gasteiger partial charge in [-0.05, 0) is 24.6 Å². The molecular weight excluding hydrogens is 289 g/mol. The van der Waals surface area contributed by atoms with Crippen LogP contribution in [0, 0.1) is 0 Å². The zero-order chi connectivity index (χ0) is 15.5. The number of hydrogen-bond donors (Lipinski definition) is 1. The van der Waals surface area contributed by atoms with E-state index in [2.05, 4.69) is 4.74 Å². The average molecular weight is 304 g/mol. The third kappa shape index (κ3) is 4.25. The number of fused-ring (bicyclic) bond motifs is 1. The predicted octanol–water partition coefficient (Wildman–Crippen LogP) is 1.96. The summed E-state index contributed by atoms with van der Waals surface area (Å²) in [5.41, 5.74) is 6.68. The first-order chi connectivity index (χ1) is 9.87. The van der Waals surface area contributed by atoms with E-state index in [4.69, 9.17) is 10.5 Å². The smallest absolute Gasteiger partial charge is 0.411 e. The number of alkyl halides is 3. The lowest BCUT2D eigenvalue weighted by Gasteiger charge is -2.29. The molecule has 0 saturated heterocycles. The van der Waals surface area contributed by atoms with Crippen LogP contribution in [0.4, 0.5) is 24.5 Å². The Morgan fingerprint density at radius 1 is 1.38 bits per heavy atom. The van der Waals surface area contributed by atoms with Gasteiger partial charge in [-0.25, -0.2) is 0 Å². The molecule has 1 amide bonds. The number of carbonyl (C=O) groups is 1. The maximum atomic E-state index is 11.9. The highest BCUT2D eigenvalue weighted by Gasteiger charge is 2.28. The van der Waals surface area contributed by atoms with Crippen molar-refractivity contribution in [1.82, 2.24) is 0 Å². The summed E-state index contributed by atoms with van der Waals surface area (Å²) in [5.74, 6) is 0.268. The number of amides is 1. The van der Waals surface area contributed by atoms with E-state index in [1.54, 1.807) is 18.2 Å². The van der Waals surface area contributed by atoms with E-state index >= 15 is 0 Å². The molecule has 0 fully saturated rings. The van der Waals surface area contributed by atoms with E-state index < -0.39 is 12.8 Å². The van der Waals surface area contributed by atoms with Crippen molar-refractivity contribution in [2.24, 2.45) is 0 Å². The molecule has 0 aromatic heterocycles. The molecule has 0 saturated carbocycles. The fraction of sp³-hybridized carbons (Fsp3) is 0.462. The Balaban J connectivity index is 1.91. The molecule has 1 aromatic carbocycles. The minimum atomic E-state index is -4.34. The summed E-state index contributed by atoms with van der Waals surface area (Å²) in [6, 6.07) is 4.91. The molecule has 21 heavy (non-hydrogen) atoms. The van der Waals surface area contributed by atoms with Gasteiger partial charge in [-0.15, -0.1) is 0 Å². The molecule has 1 heterocycles. The van der Waals surface area contributed by atoms with Crippen LogP contribution in [0.15, 0.2) is 18.2 Å². The van der Waals surface area contributed by atoms with E-state index in [-0.39, 0.29) is 32.1 Å². The monoisotopic (exact) mass is 304 g/mol. The summed E-state index contributed by atoms with van der Waals surface area (Å²) >= 11 is 0. The van der Waals surface area contributed by atoms with Gasteiger partial charge in [0.05, 0.1) is 5.69 Å². The normalized spacial score (nSPS) is 14.8. The summed E-state index contributed by atoms with van der Waals surface area (Å²) in [4.78, 5) is 13.3. The molecule has 2 rings (SSSR count). The van der Waals surface area contributed by atoms with Crippen LogP contribution in [0.2, 0.25) is 0 Å². The number of nitrogens with zero attached hydrogens (tertiary/aromatic N) is 1. The highest BCUT2D eigenvalue weighted by molar-refractivity contribution is 5.98. The summed E-state index contributed by atoms with van der Waals surface area (Å²) in [6.45, 7) is -1.22. The highest BCUT2D eigenvalue weighted by atomic mass is 19.4. The molecule has 1 aromatic rings. The number of halogens is 3. The quantitative estimate of drug-likeness (QED) is 0.667. The van der Waals surface area contributed by atoms with Crippen molar-refractivity contribution in [3.05, 3.63) is 18.2 Å². The molecule has 116 valence electrons. The van der Waals surface area contributed by atoms with Gasteiger partial charge in [-0.2, -0.15) is 13.2 Å². The number of ether oxygens (including phenoxy) is 2. The van der Waals surface area contributed by atoms with Gasteiger partial charge < -0.3 is 20.1 Å². The van der Waals surface area contributed by atoms with Gasteiger partial charge in [0, 0.05) is 18.8 Å². The molecule has 0 atom stereocenters. The van der Waals surface area contributed by atoms with Crippen molar-refractivity contribution in [3.8, 4) is 5.75 Å². The molecule has 1 aliphatic rings. The second kappa shape index (κ2) is 6.21. The molecule has 0 radical (unpaired) electrons. The van der Waals surface area contributed by atoms with Gasteiger partial charge in [-0.3, -0.25) is 4.79 Å². The number of anilines is 2. The minimum absolute atomic E-state index is 0.0816. The fourth-order valence-electron chi connectivity index (χ4n) is 1.98. The highest BCUT2D eigenvalue weighted by Crippen LogP contribution is 2.33. The van der Waals surface area contributed by atoms with Crippen LogP contribution < -0.4 is 15.4 Å². The van der Waals surface area contributed by atoms with Gasteiger partial charge in [0.15, 0.2) is 6.61 Å². The van der Waals surface area contributed by atoms with Crippen molar-refractivity contribution in [2.75, 3.05) is 37.0 Å². The van der Waals surface area contributed by atoms with Crippen molar-refractivity contribution >= 4 is 17.3 Å². The Kier molecular flexibility index (Phi) is 4.56. The molecular formula is C13H15F3N2O3. The van der Waals surface area contributed by atoms with E-state index in [0.717, 1.165) is 0 Å². The number of hydrogen-bond acceptors (Lipinski definition) is 4. The van der Waals surface area contributed by atoms with Crippen LogP contribution in [0.1, 0.15) is 6.42 Å². The second-order valence-electron chi connectivity index (χ2n) is 4.58. The van der Waals surface area contributed by atoms with E-state index in [0.29, 0.717) is 17.1 Å². The van der Waals surface area contributed by atoms with Gasteiger partial charge >= 0.3 is 6.18 Å². The first-order valence-corrected chi connectivity index (χ1v) is 6.34. The zero-order valence-electron chi connectivity index (χ0n) is 11.2. The number of nitrogens with two attached hydrogens (primary N) is 1. The SMILES string of the molecule is Nc1ccc2c(c1)N(CCCOCC(F)(F)F)C(=O)CO2. The van der Waals surface area contributed by atoms with Crippen molar-refractivity contribution in [1.29, 1.82) is 0 Å². The third-order valence-corrected chi connectivity index (χ3v) is 2.86. The van der Waals surface area contributed by atoms with Crippen LogP contribution in [0.5, 0.6) is 5.75 Å². The lowest BCUT2D eigenvalue weighted by molar-refractivity contribution is -0.173. The van der Waals surface area contributed by atoms with Crippen LogP contribution in [-0.2, 0) is 9.53 Å². The lowest BCUT2D eigenvalue weighted by atomic mass is 10.2. The summed E-state index contributed by atoms with van der Waals surface area (Å²) in [5, 5.41) is 0. The van der Waals surface area contributed by atoms with Crippen LogP contribution in [-0.4, -0.2) is 38.4 Å². The molecule has 8 heteroatoms. The molecule has 2 N–H and O–H groups in total. The van der Waals surface area contributed by atoms with E-state index in [9.17, 15) is 18.0 Å². The van der Waals surface area contributed by atoms with Crippen molar-refractivity contribution in [3.63, 3.8) is 0 Å². The van der Waals surface area contributed by atoms with E-state index in [1.165, 1.54) is 4.90 Å². The molecule has 0 aliphatic carbocycles. The maximum Gasteiger partial charge on any atom is 0.411 e. The Morgan fingerprint density at radius 3 is 2.86 bits per heavy atom. The van der Waals surface area contributed by atoms with Crippen LogP contribution >= 0.6 is 0 Å². The Bertz CT molecular complexity index is 520. The standard InChI is InChI=1S/C13H15F3N2O3/c14-13(15,16)8-20-5-1-4-18-10-6-9(17)2-3-11(10)21-7-12(18)19/h2-3,6H,1,4-5,7-8,17H2. The second-order valence-corrected chi connectivity index (χ2v) is 4.58. The predicted molar refractivity (Wildman–Crippen MR) is 70.2 cm³/mol. The van der Waals surface area contributed by atoms with Gasteiger partial charge in [0.25, 0.3) is 5.91 Å². The number of benzene rings is 1. The molecule has 0 bridgehead atoms. The molecule has 1 aliphatic heterocycles. The number of carbonyl (C=O) groups excluding carboxylic acids is 1. The van der Waals surface area contributed by atoms with Crippen LogP contribution in [0.25, 0.3) is 0 Å². The average Bonchev–Trinajstić information content (AvgIpc) is 2.39. The third-order valence-electron chi connectivity index (χ3n) is 2.86. The van der Waals surface area contributed by atoms with Crippen LogP contribution in [0.3, 0.4) is 0 Å². The lowest BCUT2D eigenvalue weighted by Crippen LogP contribution is -2.39. The number of rotatable bonds is 5. The maximum absolute atomic E-state index is 11.9. The van der Waals surface area contributed by atoms with Crippen molar-refractivity contribution in [2.45, 2.75) is 12.6 Å². The topological polar surface area (TPSA) is 64.8 Å². The largest absolute Gasteiger partial charge is 0.482 e. The molecule has 0 spiro atoms. The Morgan fingerprint density at radius 2 is 2.14 bits per heavy atom.